The minimum atomic E-state index is -0.273. The van der Waals surface area contributed by atoms with Gasteiger partial charge in [-0.15, -0.1) is 0 Å². The molecule has 0 radical (unpaired) electrons. The van der Waals surface area contributed by atoms with E-state index >= 15 is 0 Å². The van der Waals surface area contributed by atoms with Gasteiger partial charge in [0, 0.05) is 11.6 Å². The van der Waals surface area contributed by atoms with Gasteiger partial charge in [0.2, 0.25) is 0 Å². The fourth-order valence-corrected chi connectivity index (χ4v) is 3.25. The molecule has 0 aromatic heterocycles. The van der Waals surface area contributed by atoms with Gasteiger partial charge in [-0.3, -0.25) is 0 Å². The molecule has 0 aliphatic rings. The van der Waals surface area contributed by atoms with Gasteiger partial charge in [-0.25, -0.2) is 0 Å². The molecule has 0 saturated heterocycles. The van der Waals surface area contributed by atoms with Crippen LogP contribution >= 0.6 is 34.8 Å². The van der Waals surface area contributed by atoms with Crippen LogP contribution in [0.3, 0.4) is 0 Å². The molecule has 0 unspecified atom stereocenters. The van der Waals surface area contributed by atoms with Gasteiger partial charge in [-0.1, -0.05) is 61.5 Å². The van der Waals surface area contributed by atoms with Gasteiger partial charge in [0.15, 0.2) is 17.2 Å². The van der Waals surface area contributed by atoms with E-state index in [4.69, 9.17) is 39.5 Å². The maximum atomic E-state index is 10.2. The van der Waals surface area contributed by atoms with Crippen LogP contribution in [0.5, 0.6) is 28.7 Å². The van der Waals surface area contributed by atoms with E-state index in [0.717, 1.165) is 18.9 Å². The minimum Gasteiger partial charge on any atom is -0.506 e. The number of phenols is 3. The molecule has 0 saturated carbocycles. The number of benzene rings is 2. The molecule has 25 heavy (non-hydrogen) atoms. The molecule has 0 fully saturated rings. The number of ether oxygens (including phenoxy) is 1. The molecule has 0 amide bonds. The molecule has 2 aromatic rings. The zero-order valence-electron chi connectivity index (χ0n) is 13.9. The topological polar surface area (TPSA) is 69.9 Å². The molecule has 0 bridgehead atoms. The third kappa shape index (κ3) is 4.02. The average Bonchev–Trinajstić information content (AvgIpc) is 2.57. The van der Waals surface area contributed by atoms with Crippen molar-refractivity contribution in [3.05, 3.63) is 38.3 Å². The lowest BCUT2D eigenvalue weighted by Crippen LogP contribution is -1.97. The minimum absolute atomic E-state index is 0.0594. The summed E-state index contributed by atoms with van der Waals surface area (Å²) in [5, 5.41) is 30.4. The highest BCUT2D eigenvalue weighted by atomic mass is 35.5. The maximum Gasteiger partial charge on any atom is 0.174 e. The second-order valence-electron chi connectivity index (χ2n) is 5.65. The highest BCUT2D eigenvalue weighted by molar-refractivity contribution is 6.38. The summed E-state index contributed by atoms with van der Waals surface area (Å²) < 4.78 is 5.79. The van der Waals surface area contributed by atoms with E-state index in [2.05, 4.69) is 0 Å². The lowest BCUT2D eigenvalue weighted by atomic mass is 10.1. The van der Waals surface area contributed by atoms with Crippen LogP contribution in [-0.4, -0.2) is 15.3 Å². The number of hydrogen-bond acceptors (Lipinski definition) is 4. The van der Waals surface area contributed by atoms with Crippen molar-refractivity contribution in [1.29, 1.82) is 0 Å². The van der Waals surface area contributed by atoms with Crippen molar-refractivity contribution in [1.82, 2.24) is 0 Å². The van der Waals surface area contributed by atoms with Crippen molar-refractivity contribution in [2.75, 3.05) is 0 Å². The van der Waals surface area contributed by atoms with Gasteiger partial charge in [0.25, 0.3) is 0 Å². The van der Waals surface area contributed by atoms with Crippen LogP contribution in [0.1, 0.15) is 37.8 Å². The third-order valence-corrected chi connectivity index (χ3v) is 4.93. The normalized spacial score (nSPS) is 10.9. The molecule has 2 aromatic carbocycles. The molecular weight excluding hydrogens is 387 g/mol. The number of rotatable bonds is 6. The van der Waals surface area contributed by atoms with Crippen molar-refractivity contribution in [3.8, 4) is 28.7 Å². The van der Waals surface area contributed by atoms with Gasteiger partial charge in [-0.2, -0.15) is 0 Å². The third-order valence-electron chi connectivity index (χ3n) is 3.72. The highest BCUT2D eigenvalue weighted by Crippen LogP contribution is 2.48. The van der Waals surface area contributed by atoms with Crippen LogP contribution in [0.15, 0.2) is 12.1 Å². The second-order valence-corrected chi connectivity index (χ2v) is 6.78. The molecule has 0 spiro atoms. The van der Waals surface area contributed by atoms with Gasteiger partial charge >= 0.3 is 0 Å². The van der Waals surface area contributed by atoms with Gasteiger partial charge in [0.1, 0.15) is 16.5 Å². The molecule has 0 aliphatic heterocycles. The molecule has 3 N–H and O–H groups in total. The summed E-state index contributed by atoms with van der Waals surface area (Å²) in [7, 11) is 0. The number of hydrogen-bond donors (Lipinski definition) is 3. The average molecular weight is 406 g/mol. The SMILES string of the molecule is CCCc1cc(Oc2c(O)cc(O)c(Cl)c2CCC)c(Cl)c(O)c1Cl. The Kier molecular flexibility index (Phi) is 6.55. The van der Waals surface area contributed by atoms with E-state index in [1.807, 2.05) is 13.8 Å². The van der Waals surface area contributed by atoms with Gasteiger partial charge in [-0.05, 0) is 24.5 Å². The Morgan fingerprint density at radius 3 is 2.08 bits per heavy atom. The Bertz CT molecular complexity index is 791. The standard InChI is InChI=1S/C18H19Cl3O4/c1-3-5-9-7-13(16(21)17(24)14(9)19)25-18-10(6-4-2)15(20)11(22)8-12(18)23/h7-8,22-24H,3-6H2,1-2H3. The van der Waals surface area contributed by atoms with Crippen LogP contribution in [0.4, 0.5) is 0 Å². The Hall–Kier alpha value is -1.49. The Balaban J connectivity index is 2.58. The Morgan fingerprint density at radius 2 is 1.48 bits per heavy atom. The van der Waals surface area contributed by atoms with Crippen molar-refractivity contribution in [2.24, 2.45) is 0 Å². The summed E-state index contributed by atoms with van der Waals surface area (Å²) in [5.74, 6) is -0.526. The van der Waals surface area contributed by atoms with Crippen molar-refractivity contribution < 1.29 is 20.1 Å². The van der Waals surface area contributed by atoms with Crippen LogP contribution in [0, 0.1) is 0 Å². The van der Waals surface area contributed by atoms with Gasteiger partial charge in [0.05, 0.1) is 10.0 Å². The number of aromatic hydroxyl groups is 3. The summed E-state index contributed by atoms with van der Waals surface area (Å²) >= 11 is 18.4. The maximum absolute atomic E-state index is 10.2. The Morgan fingerprint density at radius 1 is 0.840 bits per heavy atom. The van der Waals surface area contributed by atoms with Crippen molar-refractivity contribution in [2.45, 2.75) is 39.5 Å². The molecule has 0 aliphatic carbocycles. The molecule has 136 valence electrons. The van der Waals surface area contributed by atoms with Crippen molar-refractivity contribution >= 4 is 34.8 Å². The second kappa shape index (κ2) is 8.26. The Labute approximate surface area is 161 Å². The number of phenolic OH excluding ortho intramolecular Hbond substituents is 3. The van der Waals surface area contributed by atoms with Crippen LogP contribution in [0.25, 0.3) is 0 Å². The molecule has 0 atom stereocenters. The molecular formula is C18H19Cl3O4. The summed E-state index contributed by atoms with van der Waals surface area (Å²) in [6.45, 7) is 3.91. The van der Waals surface area contributed by atoms with E-state index in [9.17, 15) is 15.3 Å². The molecule has 0 heterocycles. The zero-order valence-corrected chi connectivity index (χ0v) is 16.1. The van der Waals surface area contributed by atoms with Crippen molar-refractivity contribution in [3.63, 3.8) is 0 Å². The largest absolute Gasteiger partial charge is 0.506 e. The first-order valence-corrected chi connectivity index (χ1v) is 9.06. The smallest absolute Gasteiger partial charge is 0.174 e. The van der Waals surface area contributed by atoms with Crippen LogP contribution < -0.4 is 4.74 Å². The first-order valence-electron chi connectivity index (χ1n) is 7.92. The summed E-state index contributed by atoms with van der Waals surface area (Å²) in [6, 6.07) is 2.73. The number of halogens is 3. The lowest BCUT2D eigenvalue weighted by molar-refractivity contribution is 0.396. The van der Waals surface area contributed by atoms with E-state index in [1.165, 1.54) is 0 Å². The number of aryl methyl sites for hydroxylation is 1. The van der Waals surface area contributed by atoms with E-state index in [0.29, 0.717) is 24.0 Å². The molecule has 7 heteroatoms. The summed E-state index contributed by atoms with van der Waals surface area (Å²) in [5.41, 5.74) is 1.15. The first-order chi connectivity index (χ1) is 11.8. The van der Waals surface area contributed by atoms with Gasteiger partial charge < -0.3 is 20.1 Å². The highest BCUT2D eigenvalue weighted by Gasteiger charge is 2.22. The predicted octanol–water partition coefficient (Wildman–Crippen LogP) is 6.46. The summed E-state index contributed by atoms with van der Waals surface area (Å²) in [6.07, 6.45) is 2.65. The predicted molar refractivity (Wildman–Crippen MR) is 101 cm³/mol. The fraction of sp³-hybridized carbons (Fsp3) is 0.333. The van der Waals surface area contributed by atoms with E-state index < -0.39 is 0 Å². The van der Waals surface area contributed by atoms with E-state index in [-0.39, 0.29) is 43.8 Å². The molecule has 4 nitrogen and oxygen atoms in total. The summed E-state index contributed by atoms with van der Waals surface area (Å²) in [4.78, 5) is 0. The fourth-order valence-electron chi connectivity index (χ4n) is 2.54. The molecule has 2 rings (SSSR count). The monoisotopic (exact) mass is 404 g/mol. The van der Waals surface area contributed by atoms with Crippen LogP contribution in [-0.2, 0) is 12.8 Å². The van der Waals surface area contributed by atoms with Crippen LogP contribution in [0.2, 0.25) is 15.1 Å². The first kappa shape index (κ1) is 19.8. The lowest BCUT2D eigenvalue weighted by Gasteiger charge is -2.17. The quantitative estimate of drug-likeness (QED) is 0.515. The van der Waals surface area contributed by atoms with E-state index in [1.54, 1.807) is 6.07 Å². The zero-order chi connectivity index (χ0) is 18.7.